The van der Waals surface area contributed by atoms with Gasteiger partial charge in [0.05, 0.1) is 12.1 Å². The summed E-state index contributed by atoms with van der Waals surface area (Å²) in [4.78, 5) is 24.0. The van der Waals surface area contributed by atoms with E-state index in [0.717, 1.165) is 0 Å². The summed E-state index contributed by atoms with van der Waals surface area (Å²) in [6.45, 7) is 2.15. The van der Waals surface area contributed by atoms with E-state index in [1.807, 2.05) is 0 Å². The smallest absolute Gasteiger partial charge is 0.410 e. The first-order chi connectivity index (χ1) is 9.42. The van der Waals surface area contributed by atoms with Crippen LogP contribution in [0.4, 0.5) is 4.79 Å². The maximum atomic E-state index is 11.8. The molecule has 1 aromatic carbocycles. The van der Waals surface area contributed by atoms with Gasteiger partial charge in [-0.05, 0) is 19.4 Å². The molecule has 1 unspecified atom stereocenters. The van der Waals surface area contributed by atoms with E-state index >= 15 is 0 Å². The summed E-state index contributed by atoms with van der Waals surface area (Å²) in [5, 5.41) is 18.6. The number of aromatic hydroxyl groups is 1. The minimum Gasteiger partial charge on any atom is -0.508 e. The van der Waals surface area contributed by atoms with E-state index in [4.69, 9.17) is 9.84 Å². The SMILES string of the molecule is CC1(CCC(=O)O)COC(=O)N1Cc1ccccc1O. The molecule has 1 saturated heterocycles. The number of hydrogen-bond acceptors (Lipinski definition) is 4. The van der Waals surface area contributed by atoms with Crippen LogP contribution >= 0.6 is 0 Å². The molecule has 0 saturated carbocycles. The molecule has 0 radical (unpaired) electrons. The van der Waals surface area contributed by atoms with E-state index in [9.17, 15) is 14.7 Å². The van der Waals surface area contributed by atoms with E-state index < -0.39 is 17.6 Å². The molecule has 6 nitrogen and oxygen atoms in total. The molecule has 20 heavy (non-hydrogen) atoms. The lowest BCUT2D eigenvalue weighted by Crippen LogP contribution is -2.44. The molecule has 0 aromatic heterocycles. The van der Waals surface area contributed by atoms with Crippen molar-refractivity contribution < 1.29 is 24.5 Å². The molecule has 0 bridgehead atoms. The number of aliphatic carboxylic acids is 1. The topological polar surface area (TPSA) is 87.1 Å². The fourth-order valence-corrected chi connectivity index (χ4v) is 2.25. The number of para-hydroxylation sites is 1. The molecule has 1 aliphatic heterocycles. The second-order valence-electron chi connectivity index (χ2n) is 5.16. The highest BCUT2D eigenvalue weighted by Crippen LogP contribution is 2.32. The average Bonchev–Trinajstić information content (AvgIpc) is 2.68. The fraction of sp³-hybridized carbons (Fsp3) is 0.429. The van der Waals surface area contributed by atoms with Crippen molar-refractivity contribution in [2.45, 2.75) is 31.8 Å². The molecule has 1 aliphatic rings. The molecule has 2 N–H and O–H groups in total. The summed E-state index contributed by atoms with van der Waals surface area (Å²) in [5.74, 6) is -0.805. The normalized spacial score (nSPS) is 21.9. The predicted molar refractivity (Wildman–Crippen MR) is 70.3 cm³/mol. The number of carboxylic acid groups (broad SMARTS) is 1. The van der Waals surface area contributed by atoms with Crippen LogP contribution in [0.1, 0.15) is 25.3 Å². The molecular formula is C14H17NO5. The van der Waals surface area contributed by atoms with E-state index in [1.165, 1.54) is 4.90 Å². The molecule has 2 rings (SSSR count). The summed E-state index contributed by atoms with van der Waals surface area (Å²) >= 11 is 0. The number of rotatable bonds is 5. The zero-order valence-corrected chi connectivity index (χ0v) is 11.2. The largest absolute Gasteiger partial charge is 0.508 e. The van der Waals surface area contributed by atoms with Crippen LogP contribution in [0.3, 0.4) is 0 Å². The second kappa shape index (κ2) is 5.40. The van der Waals surface area contributed by atoms with Gasteiger partial charge >= 0.3 is 12.1 Å². The van der Waals surface area contributed by atoms with E-state index in [2.05, 4.69) is 0 Å². The summed E-state index contributed by atoms with van der Waals surface area (Å²) in [6, 6.07) is 6.74. The number of carbonyl (C=O) groups is 2. The molecule has 1 atom stereocenters. The van der Waals surface area contributed by atoms with Gasteiger partial charge in [-0.2, -0.15) is 0 Å². The molecule has 0 spiro atoms. The van der Waals surface area contributed by atoms with Gasteiger partial charge in [-0.15, -0.1) is 0 Å². The quantitative estimate of drug-likeness (QED) is 0.860. The van der Waals surface area contributed by atoms with Crippen molar-refractivity contribution >= 4 is 12.1 Å². The van der Waals surface area contributed by atoms with Gasteiger partial charge in [-0.25, -0.2) is 4.79 Å². The maximum absolute atomic E-state index is 11.8. The highest BCUT2D eigenvalue weighted by molar-refractivity contribution is 5.72. The first-order valence-corrected chi connectivity index (χ1v) is 6.35. The maximum Gasteiger partial charge on any atom is 0.410 e. The van der Waals surface area contributed by atoms with Crippen molar-refractivity contribution in [1.29, 1.82) is 0 Å². The number of amides is 1. The van der Waals surface area contributed by atoms with Crippen LogP contribution in [0.25, 0.3) is 0 Å². The number of ether oxygens (including phenoxy) is 1. The highest BCUT2D eigenvalue weighted by Gasteiger charge is 2.43. The number of carboxylic acids is 1. The Morgan fingerprint density at radius 1 is 1.45 bits per heavy atom. The Kier molecular flexibility index (Phi) is 3.83. The van der Waals surface area contributed by atoms with Crippen LogP contribution in [0.5, 0.6) is 5.75 Å². The summed E-state index contributed by atoms with van der Waals surface area (Å²) in [6.07, 6.45) is -0.215. The third-order valence-corrected chi connectivity index (χ3v) is 3.58. The Morgan fingerprint density at radius 2 is 2.15 bits per heavy atom. The van der Waals surface area contributed by atoms with Crippen LogP contribution in [0, 0.1) is 0 Å². The van der Waals surface area contributed by atoms with Crippen molar-refractivity contribution in [3.8, 4) is 5.75 Å². The van der Waals surface area contributed by atoms with Crippen molar-refractivity contribution in [3.63, 3.8) is 0 Å². The van der Waals surface area contributed by atoms with Crippen molar-refractivity contribution in [3.05, 3.63) is 29.8 Å². The van der Waals surface area contributed by atoms with E-state index in [1.54, 1.807) is 31.2 Å². The van der Waals surface area contributed by atoms with Crippen LogP contribution in [0.15, 0.2) is 24.3 Å². The zero-order chi connectivity index (χ0) is 14.8. The Hall–Kier alpha value is -2.24. The molecule has 108 valence electrons. The lowest BCUT2D eigenvalue weighted by atomic mass is 9.95. The first-order valence-electron chi connectivity index (χ1n) is 6.35. The van der Waals surface area contributed by atoms with Crippen LogP contribution < -0.4 is 0 Å². The predicted octanol–water partition coefficient (Wildman–Crippen LogP) is 1.97. The molecule has 1 aromatic rings. The Morgan fingerprint density at radius 3 is 2.80 bits per heavy atom. The van der Waals surface area contributed by atoms with Crippen LogP contribution in [0.2, 0.25) is 0 Å². The third-order valence-electron chi connectivity index (χ3n) is 3.58. The molecule has 1 amide bonds. The molecule has 0 aliphatic carbocycles. The van der Waals surface area contributed by atoms with Gasteiger partial charge in [0.1, 0.15) is 12.4 Å². The summed E-state index contributed by atoms with van der Waals surface area (Å²) in [7, 11) is 0. The summed E-state index contributed by atoms with van der Waals surface area (Å²) < 4.78 is 5.04. The van der Waals surface area contributed by atoms with Gasteiger partial charge in [-0.3, -0.25) is 9.69 Å². The number of phenols is 1. The molecule has 1 fully saturated rings. The molecule has 1 heterocycles. The van der Waals surface area contributed by atoms with Gasteiger partial charge in [-0.1, -0.05) is 18.2 Å². The average molecular weight is 279 g/mol. The first kappa shape index (κ1) is 14.2. The van der Waals surface area contributed by atoms with Gasteiger partial charge in [0.25, 0.3) is 0 Å². The number of carbonyl (C=O) groups excluding carboxylic acids is 1. The van der Waals surface area contributed by atoms with E-state index in [-0.39, 0.29) is 25.3 Å². The van der Waals surface area contributed by atoms with Crippen LogP contribution in [-0.4, -0.2) is 39.3 Å². The lowest BCUT2D eigenvalue weighted by molar-refractivity contribution is -0.137. The third kappa shape index (κ3) is 2.84. The van der Waals surface area contributed by atoms with Gasteiger partial charge in [0.2, 0.25) is 0 Å². The number of phenolic OH excluding ortho intramolecular Hbond substituents is 1. The van der Waals surface area contributed by atoms with Gasteiger partial charge < -0.3 is 14.9 Å². The van der Waals surface area contributed by atoms with E-state index in [0.29, 0.717) is 12.0 Å². The Bertz CT molecular complexity index is 530. The van der Waals surface area contributed by atoms with Crippen molar-refractivity contribution in [2.75, 3.05) is 6.61 Å². The molecular weight excluding hydrogens is 262 g/mol. The van der Waals surface area contributed by atoms with Crippen molar-refractivity contribution in [1.82, 2.24) is 4.90 Å². The number of hydrogen-bond donors (Lipinski definition) is 2. The van der Waals surface area contributed by atoms with Crippen LogP contribution in [-0.2, 0) is 16.1 Å². The highest BCUT2D eigenvalue weighted by atomic mass is 16.6. The minimum atomic E-state index is -0.909. The van der Waals surface area contributed by atoms with Gasteiger partial charge in [0.15, 0.2) is 0 Å². The number of benzene rings is 1. The lowest BCUT2D eigenvalue weighted by Gasteiger charge is -2.31. The van der Waals surface area contributed by atoms with Crippen molar-refractivity contribution in [2.24, 2.45) is 0 Å². The standard InChI is InChI=1S/C14H17NO5/c1-14(7-6-12(17)18)9-20-13(19)15(14)8-10-4-2-3-5-11(10)16/h2-5,16H,6-9H2,1H3,(H,17,18). The summed E-state index contributed by atoms with van der Waals surface area (Å²) in [5.41, 5.74) is -0.0644. The second-order valence-corrected chi connectivity index (χ2v) is 5.16. The monoisotopic (exact) mass is 279 g/mol. The zero-order valence-electron chi connectivity index (χ0n) is 11.2. The Labute approximate surface area is 116 Å². The molecule has 6 heteroatoms. The number of cyclic esters (lactones) is 1. The minimum absolute atomic E-state index is 0.0373. The fourth-order valence-electron chi connectivity index (χ4n) is 2.25. The number of nitrogens with zero attached hydrogens (tertiary/aromatic N) is 1. The van der Waals surface area contributed by atoms with Gasteiger partial charge in [0, 0.05) is 12.0 Å². The Balaban J connectivity index is 2.16.